The molecular weight excluding hydrogens is 274 g/mol. The summed E-state index contributed by atoms with van der Waals surface area (Å²) >= 11 is 0. The number of quaternary nitrogens is 1. The van der Waals surface area contributed by atoms with Gasteiger partial charge in [0.05, 0.1) is 19.8 Å². The summed E-state index contributed by atoms with van der Waals surface area (Å²) in [7, 11) is 2.88. The Kier molecular flexibility index (Phi) is 4.77. The van der Waals surface area contributed by atoms with E-state index < -0.39 is 11.3 Å². The van der Waals surface area contributed by atoms with Crippen molar-refractivity contribution in [1.29, 1.82) is 0 Å². The molecular formula is C15H17NO5. The molecule has 3 N–H and O–H groups in total. The summed E-state index contributed by atoms with van der Waals surface area (Å²) < 4.78 is 10.3. The second kappa shape index (κ2) is 6.55. The van der Waals surface area contributed by atoms with Gasteiger partial charge in [0.1, 0.15) is 6.10 Å². The van der Waals surface area contributed by atoms with Crippen LogP contribution in [0.4, 0.5) is 5.69 Å². The van der Waals surface area contributed by atoms with Crippen molar-refractivity contribution in [3.63, 3.8) is 0 Å². The molecule has 21 heavy (non-hydrogen) atoms. The van der Waals surface area contributed by atoms with Crippen molar-refractivity contribution in [3.8, 4) is 11.5 Å². The van der Waals surface area contributed by atoms with E-state index in [1.165, 1.54) is 26.4 Å². The van der Waals surface area contributed by atoms with Crippen LogP contribution in [0, 0.1) is 5.21 Å². The lowest BCUT2D eigenvalue weighted by atomic mass is 9.99. The van der Waals surface area contributed by atoms with Gasteiger partial charge in [-0.05, 0) is 11.6 Å². The van der Waals surface area contributed by atoms with Crippen molar-refractivity contribution in [2.24, 2.45) is 0 Å². The van der Waals surface area contributed by atoms with Gasteiger partial charge in [0.2, 0.25) is 0 Å². The summed E-state index contributed by atoms with van der Waals surface area (Å²) in [6.07, 6.45) is -1.06. The molecule has 0 aromatic heterocycles. The predicted molar refractivity (Wildman–Crippen MR) is 75.8 cm³/mol. The molecule has 0 fully saturated rings. The normalized spacial score (nSPS) is 13.6. The molecule has 1 unspecified atom stereocenters. The highest BCUT2D eigenvalue weighted by Gasteiger charge is 2.22. The fraction of sp³-hybridized carbons (Fsp3) is 0.200. The monoisotopic (exact) mass is 291 g/mol. The first-order valence-corrected chi connectivity index (χ1v) is 6.30. The standard InChI is InChI=1S/C15H17NO5/c1-20-13-8-11(12(16(18)19)9-14(13)21-2)15(17)10-6-4-3-5-7-10/h3-9,15-18H,1-2H3/t15-/m0/s1. The molecule has 0 amide bonds. The number of methoxy groups -OCH3 is 2. The first kappa shape index (κ1) is 15.3. The molecule has 2 rings (SSSR count). The lowest BCUT2D eigenvalue weighted by Gasteiger charge is -2.21. The molecule has 0 saturated heterocycles. The zero-order valence-electron chi connectivity index (χ0n) is 11.7. The number of hydrogen-bond acceptors (Lipinski definition) is 5. The maximum Gasteiger partial charge on any atom is 0.174 e. The van der Waals surface area contributed by atoms with Crippen molar-refractivity contribution in [2.45, 2.75) is 6.10 Å². The minimum Gasteiger partial charge on any atom is -0.595 e. The first-order valence-electron chi connectivity index (χ1n) is 6.30. The van der Waals surface area contributed by atoms with Gasteiger partial charge in [-0.3, -0.25) is 0 Å². The summed E-state index contributed by atoms with van der Waals surface area (Å²) in [6, 6.07) is 11.7. The van der Waals surface area contributed by atoms with E-state index in [0.717, 1.165) is 0 Å². The van der Waals surface area contributed by atoms with Crippen molar-refractivity contribution in [3.05, 3.63) is 58.8 Å². The van der Waals surface area contributed by atoms with E-state index in [1.807, 2.05) is 6.07 Å². The van der Waals surface area contributed by atoms with Gasteiger partial charge in [0.15, 0.2) is 17.2 Å². The average Bonchev–Trinajstić information content (AvgIpc) is 2.53. The van der Waals surface area contributed by atoms with E-state index in [-0.39, 0.29) is 11.3 Å². The first-order chi connectivity index (χ1) is 10.1. The van der Waals surface area contributed by atoms with Crippen molar-refractivity contribution in [1.82, 2.24) is 0 Å². The van der Waals surface area contributed by atoms with Crippen molar-refractivity contribution in [2.75, 3.05) is 14.2 Å². The molecule has 112 valence electrons. The maximum atomic E-state index is 11.4. The molecule has 0 aliphatic carbocycles. The highest BCUT2D eigenvalue weighted by molar-refractivity contribution is 5.56. The van der Waals surface area contributed by atoms with Gasteiger partial charge in [0, 0.05) is 6.07 Å². The van der Waals surface area contributed by atoms with Gasteiger partial charge in [-0.2, -0.15) is 5.23 Å². The Morgan fingerprint density at radius 1 is 1.05 bits per heavy atom. The minimum atomic E-state index is -1.14. The van der Waals surface area contributed by atoms with Gasteiger partial charge in [0.25, 0.3) is 0 Å². The molecule has 2 atom stereocenters. The Morgan fingerprint density at radius 2 is 1.62 bits per heavy atom. The van der Waals surface area contributed by atoms with Gasteiger partial charge in [-0.25, -0.2) is 5.21 Å². The van der Waals surface area contributed by atoms with Crippen molar-refractivity contribution >= 4 is 5.69 Å². The summed E-state index contributed by atoms with van der Waals surface area (Å²) in [6.45, 7) is 0. The Balaban J connectivity index is 2.55. The van der Waals surface area contributed by atoms with E-state index in [2.05, 4.69) is 0 Å². The SMILES string of the molecule is COc1cc([C@@H](O)c2ccccc2)c([NH+]([O-])O)cc1OC. The summed E-state index contributed by atoms with van der Waals surface area (Å²) in [5, 5.41) is 30.1. The lowest BCUT2D eigenvalue weighted by molar-refractivity contribution is -0.991. The molecule has 0 aliphatic heterocycles. The number of rotatable bonds is 5. The van der Waals surface area contributed by atoms with Crippen LogP contribution in [0.2, 0.25) is 0 Å². The van der Waals surface area contributed by atoms with Crippen LogP contribution in [0.25, 0.3) is 0 Å². The molecule has 0 bridgehead atoms. The molecule has 2 aromatic rings. The lowest BCUT2D eigenvalue weighted by Crippen LogP contribution is -2.99. The molecule has 0 saturated carbocycles. The third-order valence-electron chi connectivity index (χ3n) is 3.20. The maximum absolute atomic E-state index is 11.4. The Morgan fingerprint density at radius 3 is 2.14 bits per heavy atom. The largest absolute Gasteiger partial charge is 0.595 e. The Bertz CT molecular complexity index is 601. The number of ether oxygens (including phenoxy) is 2. The highest BCUT2D eigenvalue weighted by Crippen LogP contribution is 2.36. The molecule has 2 aromatic carbocycles. The second-order valence-corrected chi connectivity index (χ2v) is 4.41. The number of nitrogens with one attached hydrogen (secondary N) is 1. The van der Waals surface area contributed by atoms with Crippen LogP contribution in [0.15, 0.2) is 42.5 Å². The zero-order valence-corrected chi connectivity index (χ0v) is 11.7. The quantitative estimate of drug-likeness (QED) is 0.720. The molecule has 0 heterocycles. The van der Waals surface area contributed by atoms with Crippen LogP contribution in [0.1, 0.15) is 17.2 Å². The van der Waals surface area contributed by atoms with E-state index in [0.29, 0.717) is 17.1 Å². The van der Waals surface area contributed by atoms with Crippen LogP contribution in [-0.4, -0.2) is 24.5 Å². The van der Waals surface area contributed by atoms with Crippen LogP contribution in [-0.2, 0) is 0 Å². The van der Waals surface area contributed by atoms with Gasteiger partial charge in [-0.15, -0.1) is 0 Å². The molecule has 0 aliphatic rings. The highest BCUT2D eigenvalue weighted by atomic mass is 16.8. The third-order valence-corrected chi connectivity index (χ3v) is 3.20. The molecule has 6 nitrogen and oxygen atoms in total. The van der Waals surface area contributed by atoms with E-state index in [4.69, 9.17) is 9.47 Å². The van der Waals surface area contributed by atoms with Gasteiger partial charge < -0.3 is 19.8 Å². The predicted octanol–water partition coefficient (Wildman–Crippen LogP) is 1.19. The Hall–Kier alpha value is -2.12. The van der Waals surface area contributed by atoms with Crippen LogP contribution < -0.4 is 14.7 Å². The molecule has 0 radical (unpaired) electrons. The number of aliphatic hydroxyl groups is 1. The summed E-state index contributed by atoms with van der Waals surface area (Å²) in [5.41, 5.74) is 0.836. The van der Waals surface area contributed by atoms with E-state index in [1.54, 1.807) is 24.3 Å². The Labute approximate surface area is 122 Å². The fourth-order valence-corrected chi connectivity index (χ4v) is 2.12. The minimum absolute atomic E-state index is 0.0241. The van der Waals surface area contributed by atoms with Crippen LogP contribution in [0.5, 0.6) is 11.5 Å². The number of hydrogen-bond donors (Lipinski definition) is 3. The number of aliphatic hydroxyl groups excluding tert-OH is 1. The smallest absolute Gasteiger partial charge is 0.174 e. The summed E-state index contributed by atoms with van der Waals surface area (Å²) in [5.74, 6) is 0.673. The topological polar surface area (TPSA) is 86.4 Å². The third kappa shape index (κ3) is 3.14. The molecule has 6 heteroatoms. The molecule has 0 spiro atoms. The number of benzene rings is 2. The van der Waals surface area contributed by atoms with E-state index in [9.17, 15) is 15.5 Å². The summed E-state index contributed by atoms with van der Waals surface area (Å²) in [4.78, 5) is 0. The van der Waals surface area contributed by atoms with E-state index >= 15 is 0 Å². The fourth-order valence-electron chi connectivity index (χ4n) is 2.12. The van der Waals surface area contributed by atoms with Crippen molar-refractivity contribution < 1.29 is 25.0 Å². The van der Waals surface area contributed by atoms with Gasteiger partial charge >= 0.3 is 0 Å². The van der Waals surface area contributed by atoms with Gasteiger partial charge in [-0.1, -0.05) is 30.3 Å². The second-order valence-electron chi connectivity index (χ2n) is 4.41. The van der Waals surface area contributed by atoms with Crippen LogP contribution >= 0.6 is 0 Å². The average molecular weight is 291 g/mol. The zero-order chi connectivity index (χ0) is 15.4. The van der Waals surface area contributed by atoms with Crippen LogP contribution in [0.3, 0.4) is 0 Å².